The standard InChI is InChI=1S/C17H14N2O2/c1-12-6-2-4-8-14(12)16(20)11-19-17(21)15-9-5-3-7-13(15)10-18-19/h2-10H,11H2,1H3. The fourth-order valence-corrected chi connectivity index (χ4v) is 2.35. The molecule has 1 heterocycles. The minimum Gasteiger partial charge on any atom is -0.292 e. The summed E-state index contributed by atoms with van der Waals surface area (Å²) in [4.78, 5) is 24.7. The second-order valence-electron chi connectivity index (χ2n) is 4.93. The first kappa shape index (κ1) is 13.2. The Morgan fingerprint density at radius 1 is 1.10 bits per heavy atom. The quantitative estimate of drug-likeness (QED) is 0.692. The summed E-state index contributed by atoms with van der Waals surface area (Å²) in [7, 11) is 0. The predicted molar refractivity (Wildman–Crippen MR) is 81.5 cm³/mol. The van der Waals surface area contributed by atoms with Crippen molar-refractivity contribution in [2.45, 2.75) is 13.5 Å². The first-order valence-corrected chi connectivity index (χ1v) is 6.70. The zero-order valence-electron chi connectivity index (χ0n) is 11.6. The van der Waals surface area contributed by atoms with Crippen molar-refractivity contribution in [2.24, 2.45) is 0 Å². The Morgan fingerprint density at radius 3 is 2.62 bits per heavy atom. The average Bonchev–Trinajstić information content (AvgIpc) is 2.51. The van der Waals surface area contributed by atoms with Crippen molar-refractivity contribution < 1.29 is 4.79 Å². The lowest BCUT2D eigenvalue weighted by Crippen LogP contribution is -2.26. The van der Waals surface area contributed by atoms with Crippen molar-refractivity contribution in [1.82, 2.24) is 9.78 Å². The molecule has 0 amide bonds. The van der Waals surface area contributed by atoms with Gasteiger partial charge in [0.15, 0.2) is 5.78 Å². The number of fused-ring (bicyclic) bond motifs is 1. The van der Waals surface area contributed by atoms with Crippen molar-refractivity contribution >= 4 is 16.6 Å². The SMILES string of the molecule is Cc1ccccc1C(=O)Cn1ncc2ccccc2c1=O. The van der Waals surface area contributed by atoms with Crippen LogP contribution in [0.15, 0.2) is 59.5 Å². The smallest absolute Gasteiger partial charge is 0.275 e. The number of nitrogens with zero attached hydrogens (tertiary/aromatic N) is 2. The monoisotopic (exact) mass is 278 g/mol. The van der Waals surface area contributed by atoms with E-state index in [9.17, 15) is 9.59 Å². The lowest BCUT2D eigenvalue weighted by atomic mass is 10.1. The van der Waals surface area contributed by atoms with E-state index in [1.165, 1.54) is 4.68 Å². The second kappa shape index (κ2) is 5.32. The van der Waals surface area contributed by atoms with Crippen molar-refractivity contribution in [3.63, 3.8) is 0 Å². The van der Waals surface area contributed by atoms with E-state index >= 15 is 0 Å². The first-order valence-electron chi connectivity index (χ1n) is 6.70. The molecule has 0 unspecified atom stereocenters. The molecule has 0 aliphatic rings. The zero-order chi connectivity index (χ0) is 14.8. The second-order valence-corrected chi connectivity index (χ2v) is 4.93. The number of carbonyl (C=O) groups is 1. The van der Waals surface area contributed by atoms with Gasteiger partial charge in [-0.2, -0.15) is 5.10 Å². The Morgan fingerprint density at radius 2 is 1.81 bits per heavy atom. The Hall–Kier alpha value is -2.75. The van der Waals surface area contributed by atoms with Crippen LogP contribution < -0.4 is 5.56 Å². The van der Waals surface area contributed by atoms with Crippen LogP contribution in [0.3, 0.4) is 0 Å². The summed E-state index contributed by atoms with van der Waals surface area (Å²) in [5.74, 6) is -0.113. The van der Waals surface area contributed by atoms with Gasteiger partial charge in [0.25, 0.3) is 5.56 Å². The highest BCUT2D eigenvalue weighted by Gasteiger charge is 2.12. The van der Waals surface area contributed by atoms with Crippen LogP contribution in [-0.2, 0) is 6.54 Å². The van der Waals surface area contributed by atoms with Crippen LogP contribution in [0.4, 0.5) is 0 Å². The van der Waals surface area contributed by atoms with Crippen LogP contribution in [0.1, 0.15) is 15.9 Å². The molecule has 0 spiro atoms. The predicted octanol–water partition coefficient (Wildman–Crippen LogP) is 2.59. The summed E-state index contributed by atoms with van der Waals surface area (Å²) in [6.07, 6.45) is 1.61. The van der Waals surface area contributed by atoms with Gasteiger partial charge in [-0.3, -0.25) is 9.59 Å². The molecule has 0 N–H and O–H groups in total. The number of benzene rings is 2. The topological polar surface area (TPSA) is 52.0 Å². The van der Waals surface area contributed by atoms with Crippen LogP contribution >= 0.6 is 0 Å². The molecule has 3 aromatic rings. The molecule has 4 heteroatoms. The van der Waals surface area contributed by atoms with Crippen LogP contribution in [-0.4, -0.2) is 15.6 Å². The maximum Gasteiger partial charge on any atom is 0.275 e. The summed E-state index contributed by atoms with van der Waals surface area (Å²) in [5, 5.41) is 5.44. The van der Waals surface area contributed by atoms with E-state index in [0.29, 0.717) is 10.9 Å². The Bertz CT molecular complexity index is 881. The van der Waals surface area contributed by atoms with E-state index in [0.717, 1.165) is 10.9 Å². The lowest BCUT2D eigenvalue weighted by Gasteiger charge is -2.07. The molecule has 0 atom stereocenters. The molecule has 0 aliphatic carbocycles. The van der Waals surface area contributed by atoms with Crippen molar-refractivity contribution in [3.05, 3.63) is 76.2 Å². The Balaban J connectivity index is 1.99. The van der Waals surface area contributed by atoms with Crippen LogP contribution in [0.25, 0.3) is 10.8 Å². The molecular formula is C17H14N2O2. The number of hydrogen-bond acceptors (Lipinski definition) is 3. The van der Waals surface area contributed by atoms with Gasteiger partial charge in [-0.25, -0.2) is 4.68 Å². The van der Waals surface area contributed by atoms with Gasteiger partial charge >= 0.3 is 0 Å². The van der Waals surface area contributed by atoms with Gasteiger partial charge in [-0.05, 0) is 18.6 Å². The Labute approximate surface area is 121 Å². The number of aromatic nitrogens is 2. The molecule has 0 saturated heterocycles. The number of carbonyl (C=O) groups excluding carboxylic acids is 1. The molecule has 1 aromatic heterocycles. The minimum absolute atomic E-state index is 0.0471. The van der Waals surface area contributed by atoms with Gasteiger partial charge in [-0.1, -0.05) is 42.5 Å². The fourth-order valence-electron chi connectivity index (χ4n) is 2.35. The third-order valence-corrected chi connectivity index (χ3v) is 3.50. The van der Waals surface area contributed by atoms with Crippen LogP contribution in [0, 0.1) is 6.92 Å². The fraction of sp³-hybridized carbons (Fsp3) is 0.118. The van der Waals surface area contributed by atoms with Crippen molar-refractivity contribution in [2.75, 3.05) is 0 Å². The molecule has 104 valence electrons. The molecule has 0 bridgehead atoms. The molecule has 0 saturated carbocycles. The van der Waals surface area contributed by atoms with E-state index in [2.05, 4.69) is 5.10 Å². The number of ketones is 1. The normalized spacial score (nSPS) is 10.7. The van der Waals surface area contributed by atoms with E-state index in [-0.39, 0.29) is 17.9 Å². The summed E-state index contributed by atoms with van der Waals surface area (Å²) in [6.45, 7) is 1.83. The van der Waals surface area contributed by atoms with Gasteiger partial charge in [0.2, 0.25) is 0 Å². The van der Waals surface area contributed by atoms with Crippen molar-refractivity contribution in [1.29, 1.82) is 0 Å². The molecule has 2 aromatic carbocycles. The van der Waals surface area contributed by atoms with E-state index in [4.69, 9.17) is 0 Å². The molecule has 0 aliphatic heterocycles. The van der Waals surface area contributed by atoms with Crippen LogP contribution in [0.5, 0.6) is 0 Å². The number of hydrogen-bond donors (Lipinski definition) is 0. The first-order chi connectivity index (χ1) is 10.2. The van der Waals surface area contributed by atoms with Crippen LogP contribution in [0.2, 0.25) is 0 Å². The van der Waals surface area contributed by atoms with Gasteiger partial charge in [0.1, 0.15) is 6.54 Å². The third kappa shape index (κ3) is 2.48. The van der Waals surface area contributed by atoms with Gasteiger partial charge in [0.05, 0.1) is 11.6 Å². The number of rotatable bonds is 3. The summed E-state index contributed by atoms with van der Waals surface area (Å²) >= 11 is 0. The van der Waals surface area contributed by atoms with E-state index in [1.807, 2.05) is 37.3 Å². The van der Waals surface area contributed by atoms with Gasteiger partial charge in [-0.15, -0.1) is 0 Å². The highest BCUT2D eigenvalue weighted by molar-refractivity contribution is 5.97. The molecule has 0 fully saturated rings. The summed E-state index contributed by atoms with van der Waals surface area (Å²) in [5.41, 5.74) is 1.28. The maximum atomic E-state index is 12.3. The highest BCUT2D eigenvalue weighted by atomic mass is 16.1. The summed E-state index contributed by atoms with van der Waals surface area (Å²) < 4.78 is 1.22. The molecule has 0 radical (unpaired) electrons. The molecule has 3 rings (SSSR count). The van der Waals surface area contributed by atoms with E-state index < -0.39 is 0 Å². The van der Waals surface area contributed by atoms with E-state index in [1.54, 1.807) is 24.4 Å². The lowest BCUT2D eigenvalue weighted by molar-refractivity contribution is 0.0965. The van der Waals surface area contributed by atoms with Gasteiger partial charge in [0, 0.05) is 10.9 Å². The Kier molecular flexibility index (Phi) is 3.36. The largest absolute Gasteiger partial charge is 0.292 e. The number of Topliss-reactive ketones (excluding diaryl/α,β-unsaturated/α-hetero) is 1. The minimum atomic E-state index is -0.241. The summed E-state index contributed by atoms with van der Waals surface area (Å²) in [6, 6.07) is 14.6. The van der Waals surface area contributed by atoms with Gasteiger partial charge < -0.3 is 0 Å². The average molecular weight is 278 g/mol. The third-order valence-electron chi connectivity index (χ3n) is 3.50. The zero-order valence-corrected chi connectivity index (χ0v) is 11.6. The molecule has 21 heavy (non-hydrogen) atoms. The molecule has 4 nitrogen and oxygen atoms in total. The highest BCUT2D eigenvalue weighted by Crippen LogP contribution is 2.10. The number of aryl methyl sites for hydroxylation is 1. The molecular weight excluding hydrogens is 264 g/mol. The maximum absolute atomic E-state index is 12.3. The van der Waals surface area contributed by atoms with Crippen molar-refractivity contribution in [3.8, 4) is 0 Å².